The highest BCUT2D eigenvalue weighted by Gasteiger charge is 2.59. The van der Waals surface area contributed by atoms with Gasteiger partial charge in [0.05, 0.1) is 17.9 Å². The zero-order valence-electron chi connectivity index (χ0n) is 15.5. The van der Waals surface area contributed by atoms with E-state index in [1.165, 1.54) is 31.4 Å². The maximum absolute atomic E-state index is 12.6. The normalized spacial score (nSPS) is 30.0. The molecule has 0 saturated heterocycles. The van der Waals surface area contributed by atoms with E-state index in [0.29, 0.717) is 40.3 Å². The standard InChI is InChI=1S/C21H25ClN4O/c1-2-18(24-21(27)13-5-7-14(22)8-6-13)20-16-9-15(10-17(16)20)26-19(11-23-25-26)12-3-4-12/h5-8,11-12,15-18,20H,2-4,9-10H2,1H3,(H,24,27). The van der Waals surface area contributed by atoms with Crippen LogP contribution in [0.25, 0.3) is 0 Å². The van der Waals surface area contributed by atoms with Gasteiger partial charge in [-0.3, -0.25) is 4.79 Å². The molecule has 1 heterocycles. The molecule has 1 aromatic carbocycles. The Kier molecular flexibility index (Phi) is 4.23. The molecule has 2 aromatic rings. The number of carbonyl (C=O) groups is 1. The van der Waals surface area contributed by atoms with Crippen LogP contribution < -0.4 is 5.32 Å². The number of hydrogen-bond acceptors (Lipinski definition) is 3. The molecule has 1 aromatic heterocycles. The van der Waals surface area contributed by atoms with Gasteiger partial charge >= 0.3 is 0 Å². The first-order chi connectivity index (χ1) is 13.2. The maximum atomic E-state index is 12.6. The SMILES string of the molecule is CCC(NC(=O)c1ccc(Cl)cc1)C1C2CC(n3nncc3C3CC3)CC21. The Balaban J connectivity index is 1.21. The van der Waals surface area contributed by atoms with E-state index in [-0.39, 0.29) is 11.9 Å². The summed E-state index contributed by atoms with van der Waals surface area (Å²) in [6.07, 6.45) is 7.84. The minimum absolute atomic E-state index is 0.00679. The van der Waals surface area contributed by atoms with Crippen LogP contribution >= 0.6 is 11.6 Å². The number of rotatable bonds is 6. The Morgan fingerprint density at radius 2 is 1.96 bits per heavy atom. The summed E-state index contributed by atoms with van der Waals surface area (Å²) in [7, 11) is 0. The Labute approximate surface area is 164 Å². The molecule has 0 radical (unpaired) electrons. The maximum Gasteiger partial charge on any atom is 0.251 e. The molecule has 0 aliphatic heterocycles. The van der Waals surface area contributed by atoms with Crippen molar-refractivity contribution in [2.24, 2.45) is 17.8 Å². The van der Waals surface area contributed by atoms with Gasteiger partial charge in [-0.05, 0) is 74.1 Å². The van der Waals surface area contributed by atoms with Gasteiger partial charge in [0.1, 0.15) is 0 Å². The molecule has 6 heteroatoms. The summed E-state index contributed by atoms with van der Waals surface area (Å²) in [5.41, 5.74) is 2.01. The molecular formula is C21H25ClN4O. The second kappa shape index (κ2) is 6.62. The van der Waals surface area contributed by atoms with Crippen molar-refractivity contribution in [3.63, 3.8) is 0 Å². The Morgan fingerprint density at radius 3 is 2.59 bits per heavy atom. The molecule has 3 fully saturated rings. The summed E-state index contributed by atoms with van der Waals surface area (Å²) in [6, 6.07) is 7.87. The van der Waals surface area contributed by atoms with E-state index >= 15 is 0 Å². The number of carbonyl (C=O) groups excluding carboxylic acids is 1. The van der Waals surface area contributed by atoms with Crippen LogP contribution in [0.4, 0.5) is 0 Å². The fraction of sp³-hybridized carbons (Fsp3) is 0.571. The van der Waals surface area contributed by atoms with E-state index in [4.69, 9.17) is 11.6 Å². The predicted octanol–water partition coefficient (Wildman–Crippen LogP) is 4.21. The van der Waals surface area contributed by atoms with Gasteiger partial charge in [-0.15, -0.1) is 5.10 Å². The zero-order chi connectivity index (χ0) is 18.5. The lowest BCUT2D eigenvalue weighted by molar-refractivity contribution is 0.0926. The molecule has 3 aliphatic carbocycles. The molecule has 142 valence electrons. The lowest BCUT2D eigenvalue weighted by Gasteiger charge is -2.22. The van der Waals surface area contributed by atoms with Crippen molar-refractivity contribution in [1.29, 1.82) is 0 Å². The number of halogens is 1. The predicted molar refractivity (Wildman–Crippen MR) is 104 cm³/mol. The third-order valence-electron chi connectivity index (χ3n) is 6.76. The monoisotopic (exact) mass is 384 g/mol. The second-order valence-corrected chi connectivity index (χ2v) is 8.84. The molecular weight excluding hydrogens is 360 g/mol. The van der Waals surface area contributed by atoms with Crippen molar-refractivity contribution >= 4 is 17.5 Å². The van der Waals surface area contributed by atoms with Crippen LogP contribution in [0.15, 0.2) is 30.5 Å². The van der Waals surface area contributed by atoms with E-state index in [2.05, 4.69) is 27.2 Å². The summed E-state index contributed by atoms with van der Waals surface area (Å²) in [5.74, 6) is 2.72. The molecule has 3 aliphatic rings. The Morgan fingerprint density at radius 1 is 1.26 bits per heavy atom. The van der Waals surface area contributed by atoms with Crippen molar-refractivity contribution in [3.05, 3.63) is 46.7 Å². The topological polar surface area (TPSA) is 59.8 Å². The van der Waals surface area contributed by atoms with Crippen LogP contribution in [-0.4, -0.2) is 26.9 Å². The van der Waals surface area contributed by atoms with Crippen molar-refractivity contribution in [2.45, 2.75) is 57.0 Å². The Bertz CT molecular complexity index is 832. The van der Waals surface area contributed by atoms with Crippen LogP contribution in [0.2, 0.25) is 5.02 Å². The van der Waals surface area contributed by atoms with E-state index in [1.54, 1.807) is 24.3 Å². The first kappa shape index (κ1) is 17.2. The van der Waals surface area contributed by atoms with Crippen molar-refractivity contribution in [3.8, 4) is 0 Å². The van der Waals surface area contributed by atoms with Gasteiger partial charge in [-0.2, -0.15) is 0 Å². The molecule has 3 saturated carbocycles. The van der Waals surface area contributed by atoms with Crippen molar-refractivity contribution < 1.29 is 4.79 Å². The number of benzene rings is 1. The lowest BCUT2D eigenvalue weighted by Crippen LogP contribution is -2.37. The summed E-state index contributed by atoms with van der Waals surface area (Å²) >= 11 is 5.92. The highest BCUT2D eigenvalue weighted by Crippen LogP contribution is 2.63. The van der Waals surface area contributed by atoms with Gasteiger partial charge in [0.25, 0.3) is 5.91 Å². The van der Waals surface area contributed by atoms with E-state index < -0.39 is 0 Å². The number of fused-ring (bicyclic) bond motifs is 1. The molecule has 1 amide bonds. The number of amides is 1. The van der Waals surface area contributed by atoms with Gasteiger partial charge in [-0.1, -0.05) is 23.7 Å². The van der Waals surface area contributed by atoms with Crippen LogP contribution in [0, 0.1) is 17.8 Å². The van der Waals surface area contributed by atoms with Gasteiger partial charge in [0.2, 0.25) is 0 Å². The zero-order valence-corrected chi connectivity index (χ0v) is 16.3. The summed E-state index contributed by atoms with van der Waals surface area (Å²) in [6.45, 7) is 2.17. The number of hydrogen-bond donors (Lipinski definition) is 1. The number of nitrogens with zero attached hydrogens (tertiary/aromatic N) is 3. The van der Waals surface area contributed by atoms with Gasteiger partial charge in [-0.25, -0.2) is 4.68 Å². The molecule has 5 rings (SSSR count). The molecule has 5 nitrogen and oxygen atoms in total. The van der Waals surface area contributed by atoms with Gasteiger partial charge < -0.3 is 5.32 Å². The first-order valence-electron chi connectivity index (χ1n) is 10.1. The second-order valence-electron chi connectivity index (χ2n) is 8.40. The average molecular weight is 385 g/mol. The third kappa shape index (κ3) is 3.16. The summed E-state index contributed by atoms with van der Waals surface area (Å²) in [4.78, 5) is 12.6. The molecule has 1 N–H and O–H groups in total. The fourth-order valence-corrected chi connectivity index (χ4v) is 5.32. The molecule has 27 heavy (non-hydrogen) atoms. The Hall–Kier alpha value is -1.88. The smallest absolute Gasteiger partial charge is 0.251 e. The lowest BCUT2D eigenvalue weighted by atomic mass is 9.99. The molecule has 0 spiro atoms. The number of aromatic nitrogens is 3. The highest BCUT2D eigenvalue weighted by atomic mass is 35.5. The fourth-order valence-electron chi connectivity index (χ4n) is 5.19. The van der Waals surface area contributed by atoms with E-state index in [9.17, 15) is 4.79 Å². The minimum Gasteiger partial charge on any atom is -0.349 e. The van der Waals surface area contributed by atoms with Crippen molar-refractivity contribution in [2.75, 3.05) is 0 Å². The van der Waals surface area contributed by atoms with Crippen LogP contribution in [0.5, 0.6) is 0 Å². The summed E-state index contributed by atoms with van der Waals surface area (Å²) in [5, 5.41) is 12.5. The van der Waals surface area contributed by atoms with Gasteiger partial charge in [0.15, 0.2) is 0 Å². The van der Waals surface area contributed by atoms with Crippen molar-refractivity contribution in [1.82, 2.24) is 20.3 Å². The largest absolute Gasteiger partial charge is 0.349 e. The molecule has 3 atom stereocenters. The van der Waals surface area contributed by atoms with Crippen LogP contribution in [0.3, 0.4) is 0 Å². The van der Waals surface area contributed by atoms with Crippen LogP contribution in [-0.2, 0) is 0 Å². The average Bonchev–Trinajstić information content (AvgIpc) is 3.53. The molecule has 3 unspecified atom stereocenters. The van der Waals surface area contributed by atoms with Gasteiger partial charge in [0, 0.05) is 22.5 Å². The number of nitrogens with one attached hydrogen (secondary N) is 1. The first-order valence-corrected chi connectivity index (χ1v) is 10.5. The summed E-state index contributed by atoms with van der Waals surface area (Å²) < 4.78 is 2.20. The minimum atomic E-state index is 0.00679. The highest BCUT2D eigenvalue weighted by molar-refractivity contribution is 6.30. The molecule has 0 bridgehead atoms. The van der Waals surface area contributed by atoms with Crippen LogP contribution in [0.1, 0.15) is 67.0 Å². The van der Waals surface area contributed by atoms with E-state index in [0.717, 1.165) is 6.42 Å². The third-order valence-corrected chi connectivity index (χ3v) is 7.01. The quantitative estimate of drug-likeness (QED) is 0.811. The van der Waals surface area contributed by atoms with E-state index in [1.807, 2.05) is 6.20 Å².